The number of benzene rings is 2. The van der Waals surface area contributed by atoms with E-state index in [4.69, 9.17) is 4.74 Å². The zero-order chi connectivity index (χ0) is 15.4. The summed E-state index contributed by atoms with van der Waals surface area (Å²) in [5.74, 6) is 0.711. The molecule has 0 aromatic heterocycles. The first-order valence-corrected chi connectivity index (χ1v) is 7.96. The number of halogens is 2. The highest BCUT2D eigenvalue weighted by atomic mass is 79.9. The summed E-state index contributed by atoms with van der Waals surface area (Å²) < 4.78 is 18.5. The molecule has 21 heavy (non-hydrogen) atoms. The fourth-order valence-electron chi connectivity index (χ4n) is 2.65. The first-order chi connectivity index (χ1) is 10.0. The number of alkyl halides is 1. The Labute approximate surface area is 134 Å². The minimum absolute atomic E-state index is 0.163. The SMILES string of the molecule is COc1ccc(CCC(Br)c2c(C)cc(F)cc2C)cc1. The van der Waals surface area contributed by atoms with Crippen molar-refractivity contribution in [1.29, 1.82) is 0 Å². The number of hydrogen-bond donors (Lipinski definition) is 0. The van der Waals surface area contributed by atoms with Crippen LogP contribution in [0.2, 0.25) is 0 Å². The zero-order valence-electron chi connectivity index (χ0n) is 12.6. The Morgan fingerprint density at radius 1 is 1.10 bits per heavy atom. The lowest BCUT2D eigenvalue weighted by molar-refractivity contribution is 0.414. The van der Waals surface area contributed by atoms with Crippen molar-refractivity contribution in [3.63, 3.8) is 0 Å². The average Bonchev–Trinajstić information content (AvgIpc) is 2.44. The summed E-state index contributed by atoms with van der Waals surface area (Å²) in [7, 11) is 1.67. The lowest BCUT2D eigenvalue weighted by Gasteiger charge is -2.16. The monoisotopic (exact) mass is 350 g/mol. The van der Waals surface area contributed by atoms with Gasteiger partial charge in [0.25, 0.3) is 0 Å². The van der Waals surface area contributed by atoms with Crippen molar-refractivity contribution >= 4 is 15.9 Å². The van der Waals surface area contributed by atoms with Gasteiger partial charge in [0, 0.05) is 4.83 Å². The van der Waals surface area contributed by atoms with Crippen molar-refractivity contribution in [2.45, 2.75) is 31.5 Å². The van der Waals surface area contributed by atoms with E-state index < -0.39 is 0 Å². The van der Waals surface area contributed by atoms with Crippen LogP contribution in [0, 0.1) is 19.7 Å². The molecular weight excluding hydrogens is 331 g/mol. The van der Waals surface area contributed by atoms with Crippen molar-refractivity contribution in [3.05, 3.63) is 64.5 Å². The normalized spacial score (nSPS) is 12.2. The Balaban J connectivity index is 2.06. The fourth-order valence-corrected chi connectivity index (χ4v) is 3.60. The number of methoxy groups -OCH3 is 1. The van der Waals surface area contributed by atoms with E-state index in [1.165, 1.54) is 11.1 Å². The Hall–Kier alpha value is -1.35. The van der Waals surface area contributed by atoms with Crippen LogP contribution in [0.15, 0.2) is 36.4 Å². The van der Waals surface area contributed by atoms with E-state index >= 15 is 0 Å². The lowest BCUT2D eigenvalue weighted by Crippen LogP contribution is -2.00. The molecule has 0 N–H and O–H groups in total. The highest BCUT2D eigenvalue weighted by Crippen LogP contribution is 2.33. The van der Waals surface area contributed by atoms with Gasteiger partial charge in [-0.2, -0.15) is 0 Å². The summed E-state index contributed by atoms with van der Waals surface area (Å²) >= 11 is 3.75. The first-order valence-electron chi connectivity index (χ1n) is 7.05. The van der Waals surface area contributed by atoms with Gasteiger partial charge in [0.15, 0.2) is 0 Å². The lowest BCUT2D eigenvalue weighted by atomic mass is 9.96. The summed E-state index contributed by atoms with van der Waals surface area (Å²) in [5, 5.41) is 0. The number of rotatable bonds is 5. The van der Waals surface area contributed by atoms with E-state index in [-0.39, 0.29) is 10.6 Å². The van der Waals surface area contributed by atoms with E-state index in [0.717, 1.165) is 29.7 Å². The van der Waals surface area contributed by atoms with E-state index in [9.17, 15) is 4.39 Å². The molecule has 0 amide bonds. The van der Waals surface area contributed by atoms with Crippen LogP contribution < -0.4 is 4.74 Å². The molecule has 1 unspecified atom stereocenters. The number of hydrogen-bond acceptors (Lipinski definition) is 1. The molecule has 0 aliphatic carbocycles. The summed E-state index contributed by atoms with van der Waals surface area (Å²) in [4.78, 5) is 0.236. The molecule has 0 fully saturated rings. The second-order valence-corrected chi connectivity index (χ2v) is 6.41. The van der Waals surface area contributed by atoms with Crippen LogP contribution in [-0.4, -0.2) is 7.11 Å². The van der Waals surface area contributed by atoms with Crippen LogP contribution in [0.1, 0.15) is 33.5 Å². The van der Waals surface area contributed by atoms with E-state index in [2.05, 4.69) is 28.1 Å². The molecule has 2 aromatic rings. The van der Waals surface area contributed by atoms with Gasteiger partial charge in [-0.3, -0.25) is 0 Å². The highest BCUT2D eigenvalue weighted by molar-refractivity contribution is 9.09. The summed E-state index contributed by atoms with van der Waals surface area (Å²) in [6.07, 6.45) is 1.94. The molecule has 3 heteroatoms. The van der Waals surface area contributed by atoms with Gasteiger partial charge >= 0.3 is 0 Å². The van der Waals surface area contributed by atoms with E-state index in [0.29, 0.717) is 0 Å². The molecule has 0 aliphatic rings. The van der Waals surface area contributed by atoms with Gasteiger partial charge in [0.05, 0.1) is 7.11 Å². The van der Waals surface area contributed by atoms with Crippen molar-refractivity contribution in [1.82, 2.24) is 0 Å². The van der Waals surface area contributed by atoms with Gasteiger partial charge in [-0.05, 0) is 73.2 Å². The topological polar surface area (TPSA) is 9.23 Å². The third-order valence-corrected chi connectivity index (χ3v) is 4.63. The van der Waals surface area contributed by atoms with Gasteiger partial charge in [0.2, 0.25) is 0 Å². The smallest absolute Gasteiger partial charge is 0.123 e. The molecule has 0 radical (unpaired) electrons. The molecule has 0 spiro atoms. The number of aryl methyl sites for hydroxylation is 3. The van der Waals surface area contributed by atoms with Crippen molar-refractivity contribution < 1.29 is 9.13 Å². The summed E-state index contributed by atoms with van der Waals surface area (Å²) in [6.45, 7) is 3.93. The standard InChI is InChI=1S/C18H20BrFO/c1-12-10-15(20)11-13(2)18(12)17(19)9-6-14-4-7-16(21-3)8-5-14/h4-5,7-8,10-11,17H,6,9H2,1-3H3. The van der Waals surface area contributed by atoms with Crippen LogP contribution in [0.25, 0.3) is 0 Å². The van der Waals surface area contributed by atoms with Crippen LogP contribution in [0.4, 0.5) is 4.39 Å². The molecule has 0 bridgehead atoms. The molecule has 0 saturated carbocycles. The maximum atomic E-state index is 13.4. The average molecular weight is 351 g/mol. The van der Waals surface area contributed by atoms with Gasteiger partial charge < -0.3 is 4.74 Å². The maximum absolute atomic E-state index is 13.4. The van der Waals surface area contributed by atoms with Crippen molar-refractivity contribution in [3.8, 4) is 5.75 Å². The fraction of sp³-hybridized carbons (Fsp3) is 0.333. The van der Waals surface area contributed by atoms with Gasteiger partial charge in [-0.15, -0.1) is 0 Å². The third-order valence-electron chi connectivity index (χ3n) is 3.72. The van der Waals surface area contributed by atoms with Crippen LogP contribution in [0.3, 0.4) is 0 Å². The van der Waals surface area contributed by atoms with E-state index in [1.54, 1.807) is 19.2 Å². The molecule has 0 heterocycles. The largest absolute Gasteiger partial charge is 0.497 e. The Bertz CT molecular complexity index is 584. The molecule has 1 atom stereocenters. The van der Waals surface area contributed by atoms with Gasteiger partial charge in [0.1, 0.15) is 11.6 Å². The maximum Gasteiger partial charge on any atom is 0.123 e. The third kappa shape index (κ3) is 4.07. The van der Waals surface area contributed by atoms with Gasteiger partial charge in [-0.1, -0.05) is 28.1 Å². The second-order valence-electron chi connectivity index (χ2n) is 5.31. The quantitative estimate of drug-likeness (QED) is 0.645. The molecule has 0 saturated heterocycles. The van der Waals surface area contributed by atoms with Crippen LogP contribution in [0.5, 0.6) is 5.75 Å². The van der Waals surface area contributed by atoms with Crippen LogP contribution >= 0.6 is 15.9 Å². The Morgan fingerprint density at radius 3 is 2.19 bits per heavy atom. The Morgan fingerprint density at radius 2 is 1.67 bits per heavy atom. The predicted molar refractivity (Wildman–Crippen MR) is 88.9 cm³/mol. The zero-order valence-corrected chi connectivity index (χ0v) is 14.2. The summed E-state index contributed by atoms with van der Waals surface area (Å²) in [6, 6.07) is 11.3. The van der Waals surface area contributed by atoms with Crippen molar-refractivity contribution in [2.75, 3.05) is 7.11 Å². The minimum atomic E-state index is -0.163. The second kappa shape index (κ2) is 7.08. The van der Waals surface area contributed by atoms with Crippen LogP contribution in [-0.2, 0) is 6.42 Å². The molecule has 2 rings (SSSR count). The highest BCUT2D eigenvalue weighted by Gasteiger charge is 2.14. The molecule has 0 aliphatic heterocycles. The van der Waals surface area contributed by atoms with E-state index in [1.807, 2.05) is 26.0 Å². The molecule has 2 aromatic carbocycles. The number of ether oxygens (including phenoxy) is 1. The summed E-state index contributed by atoms with van der Waals surface area (Å²) in [5.41, 5.74) is 4.48. The van der Waals surface area contributed by atoms with Gasteiger partial charge in [-0.25, -0.2) is 4.39 Å². The molecular formula is C18H20BrFO. The first kappa shape index (κ1) is 16.0. The predicted octanol–water partition coefficient (Wildman–Crippen LogP) is 5.52. The molecule has 1 nitrogen and oxygen atoms in total. The molecule has 112 valence electrons. The minimum Gasteiger partial charge on any atom is -0.497 e. The van der Waals surface area contributed by atoms with Crippen molar-refractivity contribution in [2.24, 2.45) is 0 Å². The Kier molecular flexibility index (Phi) is 5.40.